The van der Waals surface area contributed by atoms with Gasteiger partial charge in [-0.3, -0.25) is 4.79 Å². The summed E-state index contributed by atoms with van der Waals surface area (Å²) >= 11 is 0. The van der Waals surface area contributed by atoms with Gasteiger partial charge in [-0.2, -0.15) is 0 Å². The van der Waals surface area contributed by atoms with Gasteiger partial charge in [-0.15, -0.1) is 0 Å². The molecule has 0 aliphatic carbocycles. The maximum atomic E-state index is 12.8. The second-order valence-corrected chi connectivity index (χ2v) is 10.5. The van der Waals surface area contributed by atoms with Gasteiger partial charge in [0, 0.05) is 23.7 Å². The van der Waals surface area contributed by atoms with Gasteiger partial charge in [-0.1, -0.05) is 0 Å². The number of hydrogen-bond acceptors (Lipinski definition) is 7. The van der Waals surface area contributed by atoms with Crippen molar-refractivity contribution < 1.29 is 28.5 Å². The fraction of sp³-hybridized carbons (Fsp3) is 0.556. The summed E-state index contributed by atoms with van der Waals surface area (Å²) in [5.41, 5.74) is 3.14. The zero-order valence-corrected chi connectivity index (χ0v) is 21.4. The van der Waals surface area contributed by atoms with Crippen molar-refractivity contribution in [3.05, 3.63) is 45.6 Å². The SMILES string of the molecule is Cc1c2n(c(OC[C@@H]3COCCO3)cc1=O)CCc1cc(OC3CN(C(=O)OC(C)(C)C)C3)ccc1-2. The number of hydrogen-bond donors (Lipinski definition) is 0. The van der Waals surface area contributed by atoms with E-state index in [-0.39, 0.29) is 23.7 Å². The molecule has 5 rings (SSSR count). The third-order valence-corrected chi connectivity index (χ3v) is 6.56. The van der Waals surface area contributed by atoms with Crippen LogP contribution in [0.15, 0.2) is 29.1 Å². The quantitative estimate of drug-likeness (QED) is 0.626. The van der Waals surface area contributed by atoms with Crippen molar-refractivity contribution in [2.24, 2.45) is 0 Å². The highest BCUT2D eigenvalue weighted by atomic mass is 16.6. The van der Waals surface area contributed by atoms with Gasteiger partial charge in [0.05, 0.1) is 38.6 Å². The number of aryl methyl sites for hydroxylation is 1. The van der Waals surface area contributed by atoms with Gasteiger partial charge < -0.3 is 33.2 Å². The lowest BCUT2D eigenvalue weighted by atomic mass is 9.94. The summed E-state index contributed by atoms with van der Waals surface area (Å²) in [7, 11) is 0. The maximum Gasteiger partial charge on any atom is 0.410 e. The number of nitrogens with zero attached hydrogens (tertiary/aromatic N) is 2. The molecule has 3 aliphatic heterocycles. The molecule has 0 unspecified atom stereocenters. The fourth-order valence-electron chi connectivity index (χ4n) is 4.72. The second-order valence-electron chi connectivity index (χ2n) is 10.5. The Morgan fingerprint density at radius 3 is 2.69 bits per heavy atom. The van der Waals surface area contributed by atoms with Crippen LogP contribution in [-0.2, 0) is 27.2 Å². The number of amides is 1. The Morgan fingerprint density at radius 2 is 1.97 bits per heavy atom. The molecule has 0 saturated carbocycles. The number of likely N-dealkylation sites (tertiary alicyclic amines) is 1. The molecule has 194 valence electrons. The Labute approximate surface area is 210 Å². The van der Waals surface area contributed by atoms with Gasteiger partial charge in [0.2, 0.25) is 0 Å². The highest BCUT2D eigenvalue weighted by Crippen LogP contribution is 2.36. The van der Waals surface area contributed by atoms with Crippen molar-refractivity contribution in [2.75, 3.05) is 39.5 Å². The van der Waals surface area contributed by atoms with Crippen LogP contribution in [0, 0.1) is 6.92 Å². The summed E-state index contributed by atoms with van der Waals surface area (Å²) in [6, 6.07) is 7.54. The number of carbonyl (C=O) groups is 1. The van der Waals surface area contributed by atoms with Crippen LogP contribution in [0.2, 0.25) is 0 Å². The van der Waals surface area contributed by atoms with Crippen LogP contribution in [0.1, 0.15) is 31.9 Å². The molecule has 0 N–H and O–H groups in total. The lowest BCUT2D eigenvalue weighted by molar-refractivity contribution is -0.102. The highest BCUT2D eigenvalue weighted by molar-refractivity contribution is 5.71. The van der Waals surface area contributed by atoms with E-state index in [1.54, 1.807) is 11.0 Å². The predicted octanol–water partition coefficient (Wildman–Crippen LogP) is 3.17. The molecule has 0 radical (unpaired) electrons. The smallest absolute Gasteiger partial charge is 0.410 e. The molecule has 1 aromatic carbocycles. The number of carbonyl (C=O) groups excluding carboxylic acids is 1. The fourth-order valence-corrected chi connectivity index (χ4v) is 4.72. The van der Waals surface area contributed by atoms with Gasteiger partial charge in [0.1, 0.15) is 30.2 Å². The first kappa shape index (κ1) is 24.6. The van der Waals surface area contributed by atoms with Crippen molar-refractivity contribution >= 4 is 6.09 Å². The Kier molecular flexibility index (Phi) is 6.70. The van der Waals surface area contributed by atoms with Crippen LogP contribution in [0.5, 0.6) is 11.6 Å². The molecule has 2 fully saturated rings. The third kappa shape index (κ3) is 5.22. The molecule has 0 bridgehead atoms. The maximum absolute atomic E-state index is 12.8. The zero-order chi connectivity index (χ0) is 25.4. The minimum atomic E-state index is -0.513. The van der Waals surface area contributed by atoms with E-state index >= 15 is 0 Å². The van der Waals surface area contributed by atoms with E-state index in [1.807, 2.05) is 45.9 Å². The van der Waals surface area contributed by atoms with Gasteiger partial charge in [0.15, 0.2) is 11.3 Å². The number of fused-ring (bicyclic) bond motifs is 3. The lowest BCUT2D eigenvalue weighted by Gasteiger charge is -2.39. The zero-order valence-electron chi connectivity index (χ0n) is 21.4. The molecule has 1 atom stereocenters. The monoisotopic (exact) mass is 498 g/mol. The molecule has 4 heterocycles. The first-order valence-corrected chi connectivity index (χ1v) is 12.5. The van der Waals surface area contributed by atoms with Gasteiger partial charge in [-0.05, 0) is 57.9 Å². The number of ether oxygens (including phenoxy) is 5. The van der Waals surface area contributed by atoms with Gasteiger partial charge >= 0.3 is 6.09 Å². The summed E-state index contributed by atoms with van der Waals surface area (Å²) in [4.78, 5) is 26.6. The Balaban J connectivity index is 1.28. The molecule has 1 aromatic heterocycles. The Hall–Kier alpha value is -3.04. The first-order valence-electron chi connectivity index (χ1n) is 12.5. The molecule has 1 amide bonds. The summed E-state index contributed by atoms with van der Waals surface area (Å²) < 4.78 is 30.8. The molecule has 36 heavy (non-hydrogen) atoms. The summed E-state index contributed by atoms with van der Waals surface area (Å²) in [6.45, 7) is 11.1. The minimum absolute atomic E-state index is 0.0538. The molecular weight excluding hydrogens is 464 g/mol. The van der Waals surface area contributed by atoms with E-state index in [0.29, 0.717) is 57.5 Å². The van der Waals surface area contributed by atoms with Crippen LogP contribution in [0.25, 0.3) is 11.3 Å². The van der Waals surface area contributed by atoms with E-state index in [2.05, 4.69) is 4.57 Å². The minimum Gasteiger partial charge on any atom is -0.487 e. The van der Waals surface area contributed by atoms with Crippen LogP contribution in [0.3, 0.4) is 0 Å². The van der Waals surface area contributed by atoms with Gasteiger partial charge in [0.25, 0.3) is 0 Å². The first-order chi connectivity index (χ1) is 17.2. The largest absolute Gasteiger partial charge is 0.487 e. The molecule has 2 saturated heterocycles. The van der Waals surface area contributed by atoms with Crippen LogP contribution in [0.4, 0.5) is 4.79 Å². The molecule has 2 aromatic rings. The number of benzene rings is 1. The predicted molar refractivity (Wildman–Crippen MR) is 133 cm³/mol. The average Bonchev–Trinajstić information content (AvgIpc) is 2.81. The lowest BCUT2D eigenvalue weighted by Crippen LogP contribution is -2.57. The topological polar surface area (TPSA) is 88.5 Å². The van der Waals surface area contributed by atoms with E-state index in [0.717, 1.165) is 29.0 Å². The summed E-state index contributed by atoms with van der Waals surface area (Å²) in [5, 5.41) is 0. The summed E-state index contributed by atoms with van der Waals surface area (Å²) in [6.07, 6.45) is 0.267. The van der Waals surface area contributed by atoms with Crippen molar-refractivity contribution in [3.63, 3.8) is 0 Å². The van der Waals surface area contributed by atoms with Gasteiger partial charge in [-0.25, -0.2) is 4.79 Å². The van der Waals surface area contributed by atoms with Crippen molar-refractivity contribution in [1.82, 2.24) is 9.47 Å². The number of aromatic nitrogens is 1. The molecule has 9 nitrogen and oxygen atoms in total. The Bertz CT molecular complexity index is 1190. The molecule has 0 spiro atoms. The molecule has 9 heteroatoms. The van der Waals surface area contributed by atoms with E-state index in [1.165, 1.54) is 0 Å². The molecule has 3 aliphatic rings. The molecular formula is C27H34N2O7. The Morgan fingerprint density at radius 1 is 1.17 bits per heavy atom. The second kappa shape index (κ2) is 9.78. The van der Waals surface area contributed by atoms with E-state index in [4.69, 9.17) is 23.7 Å². The normalized spacial score (nSPS) is 19.7. The van der Waals surface area contributed by atoms with E-state index in [9.17, 15) is 9.59 Å². The van der Waals surface area contributed by atoms with Crippen LogP contribution < -0.4 is 14.9 Å². The average molecular weight is 499 g/mol. The standard InChI is InChI=1S/C27H34N2O7/c1-17-23(30)12-24(34-16-21-15-32-9-10-33-21)29-8-7-18-11-19(5-6-22(18)25(17)29)35-20-13-28(14-20)26(31)36-27(2,3)4/h5-6,11-12,20-21H,7-10,13-16H2,1-4H3/t21-/m0/s1. The van der Waals surface area contributed by atoms with Crippen molar-refractivity contribution in [3.8, 4) is 22.9 Å². The van der Waals surface area contributed by atoms with Crippen molar-refractivity contribution in [2.45, 2.75) is 58.5 Å². The highest BCUT2D eigenvalue weighted by Gasteiger charge is 2.35. The van der Waals surface area contributed by atoms with Crippen molar-refractivity contribution in [1.29, 1.82) is 0 Å². The summed E-state index contributed by atoms with van der Waals surface area (Å²) in [5.74, 6) is 1.32. The van der Waals surface area contributed by atoms with Crippen LogP contribution in [-0.4, -0.2) is 72.9 Å². The number of pyridine rings is 1. The number of rotatable bonds is 5. The van der Waals surface area contributed by atoms with Crippen LogP contribution >= 0.6 is 0 Å². The third-order valence-electron chi connectivity index (χ3n) is 6.56. The van der Waals surface area contributed by atoms with E-state index < -0.39 is 5.60 Å².